The average Bonchev–Trinajstić information content (AvgIpc) is 2.52. The summed E-state index contributed by atoms with van der Waals surface area (Å²) >= 11 is 0. The topological polar surface area (TPSA) is 77.1 Å². The first kappa shape index (κ1) is 14.6. The van der Waals surface area contributed by atoms with Crippen LogP contribution in [-0.4, -0.2) is 56.2 Å². The molecular formula is C15H18N2O5. The van der Waals surface area contributed by atoms with E-state index < -0.39 is 6.10 Å². The molecule has 0 aliphatic carbocycles. The van der Waals surface area contributed by atoms with Gasteiger partial charge < -0.3 is 24.4 Å². The standard InChI is InChI=1S/C15H18N2O5/c1-17-4-5-20-13(15(17)19)9-14(18)16-10-2-3-11-12(8-10)22-7-6-21-11/h2-3,8,13H,4-7,9H2,1H3,(H,16,18). The average molecular weight is 306 g/mol. The molecule has 0 aromatic heterocycles. The Morgan fingerprint density at radius 2 is 2.05 bits per heavy atom. The zero-order valence-corrected chi connectivity index (χ0v) is 12.3. The van der Waals surface area contributed by atoms with Gasteiger partial charge in [0.2, 0.25) is 5.91 Å². The molecule has 2 amide bonds. The molecule has 0 bridgehead atoms. The first-order chi connectivity index (χ1) is 10.6. The van der Waals surface area contributed by atoms with Crippen LogP contribution in [0.4, 0.5) is 5.69 Å². The van der Waals surface area contributed by atoms with Crippen LogP contribution in [0.3, 0.4) is 0 Å². The first-order valence-corrected chi connectivity index (χ1v) is 7.19. The Hall–Kier alpha value is -2.28. The van der Waals surface area contributed by atoms with E-state index in [0.717, 1.165) is 0 Å². The Labute approximate surface area is 128 Å². The van der Waals surface area contributed by atoms with Crippen molar-refractivity contribution in [3.8, 4) is 11.5 Å². The number of nitrogens with zero attached hydrogens (tertiary/aromatic N) is 1. The monoisotopic (exact) mass is 306 g/mol. The van der Waals surface area contributed by atoms with Crippen LogP contribution >= 0.6 is 0 Å². The lowest BCUT2D eigenvalue weighted by Gasteiger charge is -2.29. The van der Waals surface area contributed by atoms with Crippen molar-refractivity contribution in [3.05, 3.63) is 18.2 Å². The Kier molecular flexibility index (Phi) is 4.15. The summed E-state index contributed by atoms with van der Waals surface area (Å²) in [5, 5.41) is 2.75. The fourth-order valence-corrected chi connectivity index (χ4v) is 2.41. The quantitative estimate of drug-likeness (QED) is 0.887. The van der Waals surface area contributed by atoms with Crippen LogP contribution in [0, 0.1) is 0 Å². The SMILES string of the molecule is CN1CCOC(CC(=O)Nc2ccc3c(c2)OCCO3)C1=O. The number of morpholine rings is 1. The number of amides is 2. The minimum absolute atomic E-state index is 0.00237. The predicted molar refractivity (Wildman–Crippen MR) is 78.1 cm³/mol. The van der Waals surface area contributed by atoms with E-state index in [4.69, 9.17) is 14.2 Å². The molecule has 1 atom stereocenters. The second-order valence-corrected chi connectivity index (χ2v) is 5.23. The summed E-state index contributed by atoms with van der Waals surface area (Å²) < 4.78 is 16.3. The minimum Gasteiger partial charge on any atom is -0.486 e. The highest BCUT2D eigenvalue weighted by molar-refractivity contribution is 5.95. The summed E-state index contributed by atoms with van der Waals surface area (Å²) in [6, 6.07) is 5.20. The molecule has 3 rings (SSSR count). The maximum Gasteiger partial charge on any atom is 0.252 e. The van der Waals surface area contributed by atoms with Gasteiger partial charge in [0.15, 0.2) is 11.5 Å². The van der Waals surface area contributed by atoms with Crippen LogP contribution in [-0.2, 0) is 14.3 Å². The smallest absolute Gasteiger partial charge is 0.252 e. The second kappa shape index (κ2) is 6.23. The lowest BCUT2D eigenvalue weighted by atomic mass is 10.2. The Morgan fingerprint density at radius 3 is 2.86 bits per heavy atom. The molecule has 0 radical (unpaired) electrons. The molecule has 1 fully saturated rings. The van der Waals surface area contributed by atoms with Gasteiger partial charge in [0.1, 0.15) is 19.3 Å². The van der Waals surface area contributed by atoms with Gasteiger partial charge in [-0.25, -0.2) is 0 Å². The first-order valence-electron chi connectivity index (χ1n) is 7.19. The molecule has 118 valence electrons. The number of hydrogen-bond acceptors (Lipinski definition) is 5. The van der Waals surface area contributed by atoms with E-state index in [0.29, 0.717) is 43.6 Å². The molecular weight excluding hydrogens is 288 g/mol. The number of carbonyl (C=O) groups excluding carboxylic acids is 2. The largest absolute Gasteiger partial charge is 0.486 e. The summed E-state index contributed by atoms with van der Waals surface area (Å²) in [5.74, 6) is 0.833. The van der Waals surface area contributed by atoms with E-state index in [1.807, 2.05) is 0 Å². The molecule has 1 N–H and O–H groups in total. The molecule has 1 aromatic rings. The highest BCUT2D eigenvalue weighted by Crippen LogP contribution is 2.32. The van der Waals surface area contributed by atoms with Crippen LogP contribution in [0.2, 0.25) is 0 Å². The van der Waals surface area contributed by atoms with E-state index in [9.17, 15) is 9.59 Å². The lowest BCUT2D eigenvalue weighted by molar-refractivity contribution is -0.153. The number of nitrogens with one attached hydrogen (secondary N) is 1. The van der Waals surface area contributed by atoms with Gasteiger partial charge in [-0.15, -0.1) is 0 Å². The second-order valence-electron chi connectivity index (χ2n) is 5.23. The Balaban J connectivity index is 1.61. The molecule has 1 unspecified atom stereocenters. The third kappa shape index (κ3) is 3.14. The van der Waals surface area contributed by atoms with Crippen molar-refractivity contribution in [1.82, 2.24) is 4.90 Å². The fourth-order valence-electron chi connectivity index (χ4n) is 2.41. The van der Waals surface area contributed by atoms with Gasteiger partial charge in [0.25, 0.3) is 5.91 Å². The maximum absolute atomic E-state index is 12.1. The summed E-state index contributed by atoms with van der Waals surface area (Å²) in [6.07, 6.45) is -0.714. The van der Waals surface area contributed by atoms with Crippen LogP contribution < -0.4 is 14.8 Å². The molecule has 0 saturated carbocycles. The van der Waals surface area contributed by atoms with Gasteiger partial charge in [-0.2, -0.15) is 0 Å². The predicted octanol–water partition coefficient (Wildman–Crippen LogP) is 0.644. The van der Waals surface area contributed by atoms with Crippen molar-refractivity contribution < 1.29 is 23.8 Å². The number of benzene rings is 1. The zero-order chi connectivity index (χ0) is 15.5. The van der Waals surface area contributed by atoms with Gasteiger partial charge in [0.05, 0.1) is 13.0 Å². The van der Waals surface area contributed by atoms with E-state index in [2.05, 4.69) is 5.32 Å². The number of likely N-dealkylation sites (N-methyl/N-ethyl adjacent to an activating group) is 1. The number of rotatable bonds is 3. The highest BCUT2D eigenvalue weighted by Gasteiger charge is 2.29. The molecule has 0 spiro atoms. The number of hydrogen-bond donors (Lipinski definition) is 1. The van der Waals surface area contributed by atoms with Crippen LogP contribution in [0.15, 0.2) is 18.2 Å². The summed E-state index contributed by atoms with van der Waals surface area (Å²) in [4.78, 5) is 25.5. The molecule has 22 heavy (non-hydrogen) atoms. The normalized spacial score (nSPS) is 20.7. The van der Waals surface area contributed by atoms with E-state index >= 15 is 0 Å². The summed E-state index contributed by atoms with van der Waals surface area (Å²) in [6.45, 7) is 2.01. The van der Waals surface area contributed by atoms with Crippen molar-refractivity contribution >= 4 is 17.5 Å². The van der Waals surface area contributed by atoms with Gasteiger partial charge in [0, 0.05) is 25.3 Å². The van der Waals surface area contributed by atoms with Crippen LogP contribution in [0.1, 0.15) is 6.42 Å². The highest BCUT2D eigenvalue weighted by atomic mass is 16.6. The number of anilines is 1. The molecule has 1 saturated heterocycles. The van der Waals surface area contributed by atoms with Crippen molar-refractivity contribution in [3.63, 3.8) is 0 Å². The third-order valence-corrected chi connectivity index (χ3v) is 3.59. The van der Waals surface area contributed by atoms with E-state index in [1.165, 1.54) is 0 Å². The Morgan fingerprint density at radius 1 is 1.27 bits per heavy atom. The third-order valence-electron chi connectivity index (χ3n) is 3.59. The van der Waals surface area contributed by atoms with Crippen LogP contribution in [0.5, 0.6) is 11.5 Å². The molecule has 7 heteroatoms. The lowest BCUT2D eigenvalue weighted by Crippen LogP contribution is -2.46. The summed E-state index contributed by atoms with van der Waals surface area (Å²) in [5.41, 5.74) is 0.603. The van der Waals surface area contributed by atoms with E-state index in [1.54, 1.807) is 30.1 Å². The van der Waals surface area contributed by atoms with Crippen LogP contribution in [0.25, 0.3) is 0 Å². The van der Waals surface area contributed by atoms with Crippen molar-refractivity contribution in [2.75, 3.05) is 38.7 Å². The molecule has 2 heterocycles. The Bertz CT molecular complexity index is 589. The fraction of sp³-hybridized carbons (Fsp3) is 0.467. The molecule has 7 nitrogen and oxygen atoms in total. The number of ether oxygens (including phenoxy) is 3. The maximum atomic E-state index is 12.1. The van der Waals surface area contributed by atoms with Crippen molar-refractivity contribution in [2.45, 2.75) is 12.5 Å². The zero-order valence-electron chi connectivity index (χ0n) is 12.3. The van der Waals surface area contributed by atoms with Crippen molar-refractivity contribution in [1.29, 1.82) is 0 Å². The van der Waals surface area contributed by atoms with Crippen molar-refractivity contribution in [2.24, 2.45) is 0 Å². The number of carbonyl (C=O) groups is 2. The van der Waals surface area contributed by atoms with Gasteiger partial charge in [-0.1, -0.05) is 0 Å². The molecule has 2 aliphatic heterocycles. The molecule has 1 aromatic carbocycles. The van der Waals surface area contributed by atoms with Gasteiger partial charge in [-0.05, 0) is 12.1 Å². The molecule has 2 aliphatic rings. The van der Waals surface area contributed by atoms with Gasteiger partial charge >= 0.3 is 0 Å². The van der Waals surface area contributed by atoms with E-state index in [-0.39, 0.29) is 18.2 Å². The number of fused-ring (bicyclic) bond motifs is 1. The summed E-state index contributed by atoms with van der Waals surface area (Å²) in [7, 11) is 1.70. The minimum atomic E-state index is -0.712. The van der Waals surface area contributed by atoms with Gasteiger partial charge in [-0.3, -0.25) is 9.59 Å².